The zero-order chi connectivity index (χ0) is 22.7. The van der Waals surface area contributed by atoms with E-state index in [1.165, 1.54) is 5.56 Å². The van der Waals surface area contributed by atoms with E-state index in [-0.39, 0.29) is 5.41 Å². The largest absolute Gasteiger partial charge is 0.382 e. The average molecular weight is 447 g/mol. The van der Waals surface area contributed by atoms with Crippen molar-refractivity contribution >= 4 is 23.1 Å². The number of fused-ring (bicyclic) bond motifs is 3. The van der Waals surface area contributed by atoms with Gasteiger partial charge in [0.2, 0.25) is 0 Å². The summed E-state index contributed by atoms with van der Waals surface area (Å²) in [5, 5.41) is 9.98. The number of hydrogen-bond acceptors (Lipinski definition) is 5. The number of halogens is 1. The van der Waals surface area contributed by atoms with Crippen LogP contribution < -0.4 is 5.73 Å². The quantitative estimate of drug-likeness (QED) is 0.678. The van der Waals surface area contributed by atoms with Crippen LogP contribution in [-0.2, 0) is 16.8 Å². The van der Waals surface area contributed by atoms with Crippen LogP contribution in [0.3, 0.4) is 0 Å². The van der Waals surface area contributed by atoms with Crippen molar-refractivity contribution < 1.29 is 4.74 Å². The number of methoxy groups -OCH3 is 1. The minimum atomic E-state index is -0.686. The van der Waals surface area contributed by atoms with E-state index in [1.807, 2.05) is 19.1 Å². The molecule has 0 radical (unpaired) electrons. The van der Waals surface area contributed by atoms with E-state index in [9.17, 15) is 5.26 Å². The van der Waals surface area contributed by atoms with Crippen LogP contribution in [0.25, 0.3) is 11.1 Å². The van der Waals surface area contributed by atoms with Gasteiger partial charge in [-0.1, -0.05) is 17.7 Å². The molecule has 1 saturated carbocycles. The molecule has 1 fully saturated rings. The molecule has 1 heterocycles. The fourth-order valence-electron chi connectivity index (χ4n) is 5.98. The lowest BCUT2D eigenvalue weighted by Crippen LogP contribution is -2.43. The van der Waals surface area contributed by atoms with Gasteiger partial charge in [0.1, 0.15) is 5.84 Å². The maximum absolute atomic E-state index is 9.42. The highest BCUT2D eigenvalue weighted by Gasteiger charge is 2.60. The average Bonchev–Trinajstić information content (AvgIpc) is 3.20. The van der Waals surface area contributed by atoms with Gasteiger partial charge in [0, 0.05) is 23.1 Å². The van der Waals surface area contributed by atoms with Crippen LogP contribution in [0.5, 0.6) is 0 Å². The first-order valence-corrected chi connectivity index (χ1v) is 11.5. The van der Waals surface area contributed by atoms with Gasteiger partial charge in [0.15, 0.2) is 5.66 Å². The normalized spacial score (nSPS) is 28.5. The van der Waals surface area contributed by atoms with E-state index >= 15 is 0 Å². The number of nitrogens with zero attached hydrogens (tertiary/aromatic N) is 3. The molecule has 0 aromatic heterocycles. The third-order valence-electron chi connectivity index (χ3n) is 7.64. The molecule has 164 valence electrons. The Morgan fingerprint density at radius 1 is 1.12 bits per heavy atom. The number of rotatable bonds is 2. The number of hydrogen-bond donors (Lipinski definition) is 1. The molecule has 0 bridgehead atoms. The second-order valence-electron chi connectivity index (χ2n) is 9.42. The highest BCUT2D eigenvalue weighted by molar-refractivity contribution is 6.41. The molecule has 1 unspecified atom stereocenters. The molecule has 6 heteroatoms. The summed E-state index contributed by atoms with van der Waals surface area (Å²) in [6.07, 6.45) is 5.23. The summed E-state index contributed by atoms with van der Waals surface area (Å²) in [6, 6.07) is 12.2. The van der Waals surface area contributed by atoms with E-state index in [0.29, 0.717) is 22.5 Å². The van der Waals surface area contributed by atoms with Crippen molar-refractivity contribution in [2.75, 3.05) is 7.11 Å². The molecule has 1 atom stereocenters. The Kier molecular flexibility index (Phi) is 4.92. The van der Waals surface area contributed by atoms with E-state index in [4.69, 9.17) is 32.1 Å². The second-order valence-corrected chi connectivity index (χ2v) is 9.86. The van der Waals surface area contributed by atoms with Crippen LogP contribution in [-0.4, -0.2) is 24.8 Å². The van der Waals surface area contributed by atoms with Crippen LogP contribution >= 0.6 is 11.6 Å². The second kappa shape index (κ2) is 7.43. The third-order valence-corrected chi connectivity index (χ3v) is 7.86. The van der Waals surface area contributed by atoms with E-state index in [1.54, 1.807) is 13.2 Å². The lowest BCUT2D eigenvalue weighted by atomic mass is 9.65. The number of benzene rings is 2. The maximum Gasteiger partial charge on any atom is 0.184 e. The standard InChI is InChI=1S/C26H27ClN4O/c1-15-8-19-13-25(6-4-21(32-3)5-7-25)26(30-16(2)24(29)31-26)23(19)12-22(15)18-9-17(14-28)10-20(27)11-18/h8-12,21H,4-7,13H2,1-3H3,(H2,29,31). The van der Waals surface area contributed by atoms with Gasteiger partial charge in [-0.05, 0) is 92.5 Å². The van der Waals surface area contributed by atoms with Gasteiger partial charge < -0.3 is 10.5 Å². The highest BCUT2D eigenvalue weighted by atomic mass is 35.5. The summed E-state index contributed by atoms with van der Waals surface area (Å²) >= 11 is 6.33. The molecule has 2 spiro atoms. The summed E-state index contributed by atoms with van der Waals surface area (Å²) in [5.41, 5.74) is 12.5. The Hall–Kier alpha value is -2.68. The van der Waals surface area contributed by atoms with E-state index in [2.05, 4.69) is 25.1 Å². The van der Waals surface area contributed by atoms with E-state index in [0.717, 1.165) is 60.1 Å². The summed E-state index contributed by atoms with van der Waals surface area (Å²) in [5.74, 6) is 0.530. The van der Waals surface area contributed by atoms with Gasteiger partial charge in [0.05, 0.1) is 23.4 Å². The van der Waals surface area contributed by atoms with Crippen molar-refractivity contribution in [3.8, 4) is 17.2 Å². The van der Waals surface area contributed by atoms with Crippen LogP contribution in [0.2, 0.25) is 5.02 Å². The molecule has 5 rings (SSSR count). The minimum absolute atomic E-state index is 0.0933. The predicted molar refractivity (Wildman–Crippen MR) is 128 cm³/mol. The monoisotopic (exact) mass is 446 g/mol. The van der Waals surface area contributed by atoms with Gasteiger partial charge >= 0.3 is 0 Å². The van der Waals surface area contributed by atoms with Crippen molar-refractivity contribution in [1.29, 1.82) is 5.26 Å². The Labute approximate surface area is 194 Å². The topological polar surface area (TPSA) is 83.8 Å². The molecular formula is C26H27ClN4O. The number of aryl methyl sites for hydroxylation is 1. The Balaban J connectivity index is 1.69. The van der Waals surface area contributed by atoms with E-state index < -0.39 is 5.66 Å². The zero-order valence-corrected chi connectivity index (χ0v) is 19.5. The molecule has 3 aliphatic rings. The van der Waals surface area contributed by atoms with Crippen LogP contribution in [0.1, 0.15) is 54.9 Å². The Morgan fingerprint density at radius 3 is 2.50 bits per heavy atom. The predicted octanol–water partition coefficient (Wildman–Crippen LogP) is 5.30. The molecule has 2 N–H and O–H groups in total. The molecule has 2 aromatic rings. The summed E-state index contributed by atoms with van der Waals surface area (Å²) in [6.45, 7) is 4.06. The fraction of sp³-hybridized carbons (Fsp3) is 0.423. The summed E-state index contributed by atoms with van der Waals surface area (Å²) in [4.78, 5) is 10.2. The van der Waals surface area contributed by atoms with Gasteiger partial charge in [0.25, 0.3) is 0 Å². The summed E-state index contributed by atoms with van der Waals surface area (Å²) < 4.78 is 5.66. The molecule has 2 aliphatic carbocycles. The van der Waals surface area contributed by atoms with Crippen molar-refractivity contribution in [1.82, 2.24) is 0 Å². The molecule has 32 heavy (non-hydrogen) atoms. The van der Waals surface area contributed by atoms with Crippen molar-refractivity contribution in [3.05, 3.63) is 57.6 Å². The number of ether oxygens (including phenoxy) is 1. The number of aliphatic imine (C=N–C) groups is 2. The van der Waals surface area contributed by atoms with Gasteiger partial charge in [-0.15, -0.1) is 0 Å². The number of nitriles is 1. The van der Waals surface area contributed by atoms with Gasteiger partial charge in [-0.25, -0.2) is 4.99 Å². The molecule has 0 amide bonds. The van der Waals surface area contributed by atoms with Crippen molar-refractivity contribution in [2.24, 2.45) is 21.1 Å². The lowest BCUT2D eigenvalue weighted by Gasteiger charge is -2.44. The Bertz CT molecular complexity index is 1200. The van der Waals surface area contributed by atoms with Gasteiger partial charge in [-0.3, -0.25) is 4.99 Å². The lowest BCUT2D eigenvalue weighted by molar-refractivity contribution is -0.000372. The highest BCUT2D eigenvalue weighted by Crippen LogP contribution is 2.62. The molecule has 2 aromatic carbocycles. The van der Waals surface area contributed by atoms with Crippen LogP contribution in [0, 0.1) is 23.7 Å². The van der Waals surface area contributed by atoms with Crippen LogP contribution in [0.15, 0.2) is 40.3 Å². The zero-order valence-electron chi connectivity index (χ0n) is 18.7. The first-order chi connectivity index (χ1) is 15.3. The third kappa shape index (κ3) is 3.01. The van der Waals surface area contributed by atoms with Gasteiger partial charge in [-0.2, -0.15) is 5.26 Å². The smallest absolute Gasteiger partial charge is 0.184 e. The molecular weight excluding hydrogens is 420 g/mol. The first kappa shape index (κ1) is 21.2. The molecule has 1 aliphatic heterocycles. The first-order valence-electron chi connectivity index (χ1n) is 11.1. The van der Waals surface area contributed by atoms with Crippen molar-refractivity contribution in [2.45, 2.75) is 57.7 Å². The summed E-state index contributed by atoms with van der Waals surface area (Å²) in [7, 11) is 1.80. The molecule has 0 saturated heterocycles. The maximum atomic E-state index is 9.42. The minimum Gasteiger partial charge on any atom is -0.382 e. The fourth-order valence-corrected chi connectivity index (χ4v) is 6.21. The number of amidine groups is 1. The Morgan fingerprint density at radius 2 is 1.88 bits per heavy atom. The number of nitrogens with two attached hydrogens (primary N) is 1. The SMILES string of the molecule is COC1CCC2(CC1)Cc1cc(C)c(-c3cc(Cl)cc(C#N)c3)cc1C21N=C(C)C(N)=N1. The van der Waals surface area contributed by atoms with Crippen LogP contribution in [0.4, 0.5) is 0 Å². The molecule has 5 nitrogen and oxygen atoms in total. The van der Waals surface area contributed by atoms with Crippen molar-refractivity contribution in [3.63, 3.8) is 0 Å².